The number of amides is 1. The maximum absolute atomic E-state index is 12.4. The molecule has 1 heterocycles. The van der Waals surface area contributed by atoms with Crippen LogP contribution in [-0.4, -0.2) is 48.0 Å². The van der Waals surface area contributed by atoms with Gasteiger partial charge in [-0.1, -0.05) is 19.8 Å². The number of ether oxygens (including phenoxy) is 1. The van der Waals surface area contributed by atoms with Gasteiger partial charge in [0.25, 0.3) is 5.91 Å². The molecular formula is C25H31N3O3. The number of hydrogen-bond acceptors (Lipinski definition) is 5. The molecule has 1 aromatic carbocycles. The van der Waals surface area contributed by atoms with E-state index in [4.69, 9.17) is 4.74 Å². The molecule has 0 radical (unpaired) electrons. The van der Waals surface area contributed by atoms with Crippen LogP contribution in [0.5, 0.6) is 0 Å². The number of carbonyl (C=O) groups excluding carboxylic acids is 2. The number of aromatic nitrogens is 1. The number of anilines is 1. The highest BCUT2D eigenvalue weighted by atomic mass is 16.5. The molecule has 0 aliphatic rings. The van der Waals surface area contributed by atoms with Gasteiger partial charge in [0.05, 0.1) is 11.1 Å². The fourth-order valence-corrected chi connectivity index (χ4v) is 2.64. The van der Waals surface area contributed by atoms with Gasteiger partial charge in [0, 0.05) is 23.8 Å². The quantitative estimate of drug-likeness (QED) is 0.510. The Bertz CT molecular complexity index is 929. The Hall–Kier alpha value is -3.17. The van der Waals surface area contributed by atoms with Crippen molar-refractivity contribution in [2.24, 2.45) is 5.41 Å². The molecule has 1 N–H and O–H groups in total. The Morgan fingerprint density at radius 1 is 1.03 bits per heavy atom. The van der Waals surface area contributed by atoms with E-state index in [1.54, 1.807) is 36.4 Å². The van der Waals surface area contributed by atoms with Gasteiger partial charge in [-0.25, -0.2) is 9.78 Å². The van der Waals surface area contributed by atoms with Gasteiger partial charge in [-0.05, 0) is 76.2 Å². The lowest BCUT2D eigenvalue weighted by Gasteiger charge is -2.17. The van der Waals surface area contributed by atoms with Crippen LogP contribution in [0.25, 0.3) is 0 Å². The Balaban J connectivity index is 1.91. The SMILES string of the molecule is CCN(CC)CCOC(=O)c1ccc(NC(=O)c2ccc(C#CC(C)(C)C)nc2)cc1. The number of nitrogens with one attached hydrogen (secondary N) is 1. The zero-order valence-electron chi connectivity index (χ0n) is 19.0. The van der Waals surface area contributed by atoms with Crippen LogP contribution < -0.4 is 5.32 Å². The molecule has 0 saturated carbocycles. The van der Waals surface area contributed by atoms with Crippen LogP contribution in [0.15, 0.2) is 42.6 Å². The number of rotatable bonds is 8. The van der Waals surface area contributed by atoms with E-state index >= 15 is 0 Å². The van der Waals surface area contributed by atoms with Crippen molar-refractivity contribution in [3.63, 3.8) is 0 Å². The maximum atomic E-state index is 12.4. The van der Waals surface area contributed by atoms with Gasteiger partial charge in [-0.2, -0.15) is 0 Å². The summed E-state index contributed by atoms with van der Waals surface area (Å²) in [6.45, 7) is 13.1. The summed E-state index contributed by atoms with van der Waals surface area (Å²) in [6, 6.07) is 10.0. The molecule has 31 heavy (non-hydrogen) atoms. The molecule has 0 bridgehead atoms. The molecule has 1 aromatic heterocycles. The standard InChI is InChI=1S/C25H31N3O3/c1-6-28(7-2)16-17-31-24(30)19-8-12-22(13-9-19)27-23(29)20-10-11-21(26-18-20)14-15-25(3,4)5/h8-13,18H,6-7,16-17H2,1-5H3,(H,27,29). The first-order valence-corrected chi connectivity index (χ1v) is 10.5. The first-order chi connectivity index (χ1) is 14.7. The first-order valence-electron chi connectivity index (χ1n) is 10.5. The van der Waals surface area contributed by atoms with E-state index in [1.807, 2.05) is 20.8 Å². The van der Waals surface area contributed by atoms with Crippen molar-refractivity contribution in [3.05, 3.63) is 59.4 Å². The summed E-state index contributed by atoms with van der Waals surface area (Å²) in [4.78, 5) is 31.0. The second-order valence-corrected chi connectivity index (χ2v) is 8.13. The lowest BCUT2D eigenvalue weighted by molar-refractivity contribution is 0.0466. The molecule has 0 unspecified atom stereocenters. The van der Waals surface area contributed by atoms with E-state index in [2.05, 4.69) is 40.9 Å². The van der Waals surface area contributed by atoms with E-state index in [1.165, 1.54) is 6.20 Å². The van der Waals surface area contributed by atoms with Gasteiger partial charge in [0.2, 0.25) is 0 Å². The Morgan fingerprint density at radius 3 is 2.23 bits per heavy atom. The van der Waals surface area contributed by atoms with Crippen molar-refractivity contribution in [2.75, 3.05) is 31.6 Å². The second-order valence-electron chi connectivity index (χ2n) is 8.13. The van der Waals surface area contributed by atoms with Crippen LogP contribution in [0, 0.1) is 17.3 Å². The summed E-state index contributed by atoms with van der Waals surface area (Å²) >= 11 is 0. The van der Waals surface area contributed by atoms with Crippen molar-refractivity contribution in [1.29, 1.82) is 0 Å². The molecule has 2 rings (SSSR count). The first kappa shape index (κ1) is 24.1. The normalized spacial score (nSPS) is 10.9. The lowest BCUT2D eigenvalue weighted by Crippen LogP contribution is -2.27. The van der Waals surface area contributed by atoms with Crippen molar-refractivity contribution in [1.82, 2.24) is 9.88 Å². The molecule has 0 spiro atoms. The Morgan fingerprint density at radius 2 is 1.68 bits per heavy atom. The van der Waals surface area contributed by atoms with E-state index in [0.29, 0.717) is 35.7 Å². The van der Waals surface area contributed by atoms with E-state index in [0.717, 1.165) is 13.1 Å². The number of hydrogen-bond donors (Lipinski definition) is 1. The third kappa shape index (κ3) is 8.23. The average Bonchev–Trinajstić information content (AvgIpc) is 2.75. The minimum absolute atomic E-state index is 0.109. The molecule has 0 saturated heterocycles. The minimum atomic E-state index is -0.374. The Labute approximate surface area is 185 Å². The van der Waals surface area contributed by atoms with Crippen LogP contribution in [0.2, 0.25) is 0 Å². The number of esters is 1. The van der Waals surface area contributed by atoms with Crippen LogP contribution >= 0.6 is 0 Å². The maximum Gasteiger partial charge on any atom is 0.338 e. The monoisotopic (exact) mass is 421 g/mol. The second kappa shape index (κ2) is 11.3. The largest absolute Gasteiger partial charge is 0.461 e. The van der Waals surface area contributed by atoms with E-state index in [-0.39, 0.29) is 17.3 Å². The van der Waals surface area contributed by atoms with Gasteiger partial charge in [-0.3, -0.25) is 4.79 Å². The molecule has 6 heteroatoms. The van der Waals surface area contributed by atoms with Gasteiger partial charge < -0.3 is 15.0 Å². The number of nitrogens with zero attached hydrogens (tertiary/aromatic N) is 2. The van der Waals surface area contributed by atoms with Gasteiger partial charge in [0.15, 0.2) is 0 Å². The number of pyridine rings is 1. The number of benzene rings is 1. The average molecular weight is 422 g/mol. The molecule has 0 aliphatic carbocycles. The third-order valence-electron chi connectivity index (χ3n) is 4.50. The highest BCUT2D eigenvalue weighted by Crippen LogP contribution is 2.13. The zero-order chi connectivity index (χ0) is 22.9. The summed E-state index contributed by atoms with van der Waals surface area (Å²) in [5.74, 6) is 5.46. The third-order valence-corrected chi connectivity index (χ3v) is 4.50. The predicted octanol–water partition coefficient (Wildman–Crippen LogP) is 4.23. The Kier molecular flexibility index (Phi) is 8.77. The number of carbonyl (C=O) groups is 2. The van der Waals surface area contributed by atoms with Gasteiger partial charge in [-0.15, -0.1) is 0 Å². The summed E-state index contributed by atoms with van der Waals surface area (Å²) in [5, 5.41) is 2.80. The molecule has 0 fully saturated rings. The van der Waals surface area contributed by atoms with Crippen molar-refractivity contribution in [3.8, 4) is 11.8 Å². The fourth-order valence-electron chi connectivity index (χ4n) is 2.64. The summed E-state index contributed by atoms with van der Waals surface area (Å²) < 4.78 is 5.32. The van der Waals surface area contributed by atoms with Crippen molar-refractivity contribution >= 4 is 17.6 Å². The summed E-state index contributed by atoms with van der Waals surface area (Å²) in [5.41, 5.74) is 1.97. The molecular weight excluding hydrogens is 390 g/mol. The lowest BCUT2D eigenvalue weighted by atomic mass is 9.98. The zero-order valence-corrected chi connectivity index (χ0v) is 19.0. The highest BCUT2D eigenvalue weighted by Gasteiger charge is 2.10. The predicted molar refractivity (Wildman–Crippen MR) is 123 cm³/mol. The molecule has 164 valence electrons. The van der Waals surface area contributed by atoms with Crippen LogP contribution in [0.4, 0.5) is 5.69 Å². The van der Waals surface area contributed by atoms with Crippen molar-refractivity contribution in [2.45, 2.75) is 34.6 Å². The van der Waals surface area contributed by atoms with E-state index < -0.39 is 0 Å². The van der Waals surface area contributed by atoms with Crippen LogP contribution in [0.1, 0.15) is 61.0 Å². The van der Waals surface area contributed by atoms with E-state index in [9.17, 15) is 9.59 Å². The molecule has 6 nitrogen and oxygen atoms in total. The van der Waals surface area contributed by atoms with Crippen LogP contribution in [-0.2, 0) is 4.74 Å². The molecule has 0 atom stereocenters. The van der Waals surface area contributed by atoms with Gasteiger partial charge >= 0.3 is 5.97 Å². The van der Waals surface area contributed by atoms with Crippen molar-refractivity contribution < 1.29 is 14.3 Å². The molecule has 1 amide bonds. The highest BCUT2D eigenvalue weighted by molar-refractivity contribution is 6.04. The van der Waals surface area contributed by atoms with Gasteiger partial charge in [0.1, 0.15) is 12.3 Å². The molecule has 2 aromatic rings. The summed E-state index contributed by atoms with van der Waals surface area (Å²) in [7, 11) is 0. The minimum Gasteiger partial charge on any atom is -0.461 e. The summed E-state index contributed by atoms with van der Waals surface area (Å²) in [6.07, 6.45) is 1.50. The smallest absolute Gasteiger partial charge is 0.338 e. The number of likely N-dealkylation sites (N-methyl/N-ethyl adjacent to an activating group) is 1. The fraction of sp³-hybridized carbons (Fsp3) is 0.400. The van der Waals surface area contributed by atoms with Crippen LogP contribution in [0.3, 0.4) is 0 Å². The topological polar surface area (TPSA) is 71.5 Å². The molecule has 0 aliphatic heterocycles.